The van der Waals surface area contributed by atoms with Gasteiger partial charge in [-0.25, -0.2) is 8.42 Å². The summed E-state index contributed by atoms with van der Waals surface area (Å²) in [4.78, 5) is 0.412. The fourth-order valence-corrected chi connectivity index (χ4v) is 5.09. The highest BCUT2D eigenvalue weighted by molar-refractivity contribution is 7.89. The van der Waals surface area contributed by atoms with E-state index >= 15 is 0 Å². The summed E-state index contributed by atoms with van der Waals surface area (Å²) >= 11 is 0. The molecular weight excluding hydrogens is 276 g/mol. The molecule has 6 heteroatoms. The Hall–Kier alpha value is -1.11. The van der Waals surface area contributed by atoms with Gasteiger partial charge >= 0.3 is 0 Å². The summed E-state index contributed by atoms with van der Waals surface area (Å²) in [7, 11) is -3.35. The molecule has 1 N–H and O–H groups in total. The highest BCUT2D eigenvalue weighted by Gasteiger charge is 2.41. The lowest BCUT2D eigenvalue weighted by Crippen LogP contribution is -2.32. The van der Waals surface area contributed by atoms with E-state index in [0.717, 1.165) is 30.8 Å². The van der Waals surface area contributed by atoms with E-state index < -0.39 is 10.0 Å². The summed E-state index contributed by atoms with van der Waals surface area (Å²) < 4.78 is 32.5. The van der Waals surface area contributed by atoms with Gasteiger partial charge < -0.3 is 10.1 Å². The van der Waals surface area contributed by atoms with Crippen LogP contribution in [-0.2, 0) is 16.4 Å². The van der Waals surface area contributed by atoms with Crippen LogP contribution >= 0.6 is 0 Å². The molecule has 0 spiro atoms. The average molecular weight is 294 g/mol. The molecular formula is C14H18N2O3S. The second-order valence-corrected chi connectivity index (χ2v) is 7.81. The fourth-order valence-electron chi connectivity index (χ4n) is 3.48. The van der Waals surface area contributed by atoms with E-state index in [9.17, 15) is 8.42 Å². The molecule has 3 aliphatic heterocycles. The quantitative estimate of drug-likeness (QED) is 0.861. The van der Waals surface area contributed by atoms with Gasteiger partial charge in [0.1, 0.15) is 5.75 Å². The molecule has 3 aliphatic rings. The molecule has 0 bridgehead atoms. The van der Waals surface area contributed by atoms with Gasteiger partial charge in [-0.05, 0) is 48.7 Å². The van der Waals surface area contributed by atoms with Crippen LogP contribution in [0.5, 0.6) is 5.75 Å². The molecule has 0 saturated carbocycles. The van der Waals surface area contributed by atoms with Gasteiger partial charge in [-0.15, -0.1) is 0 Å². The van der Waals surface area contributed by atoms with Gasteiger partial charge in [-0.3, -0.25) is 0 Å². The van der Waals surface area contributed by atoms with Crippen LogP contribution in [0.25, 0.3) is 0 Å². The largest absolute Gasteiger partial charge is 0.493 e. The molecule has 2 saturated heterocycles. The van der Waals surface area contributed by atoms with Crippen LogP contribution < -0.4 is 10.1 Å². The number of rotatable bonds is 2. The normalized spacial score (nSPS) is 29.2. The van der Waals surface area contributed by atoms with Gasteiger partial charge in [0.05, 0.1) is 11.5 Å². The van der Waals surface area contributed by atoms with Crippen molar-refractivity contribution < 1.29 is 13.2 Å². The van der Waals surface area contributed by atoms with Crippen molar-refractivity contribution in [3.05, 3.63) is 23.8 Å². The van der Waals surface area contributed by atoms with E-state index in [0.29, 0.717) is 36.4 Å². The lowest BCUT2D eigenvalue weighted by atomic mass is 10.0. The maximum Gasteiger partial charge on any atom is 0.243 e. The first-order valence-electron chi connectivity index (χ1n) is 7.11. The number of fused-ring (bicyclic) bond motifs is 2. The second-order valence-electron chi connectivity index (χ2n) is 5.87. The first kappa shape index (κ1) is 12.6. The van der Waals surface area contributed by atoms with Gasteiger partial charge in [-0.1, -0.05) is 0 Å². The van der Waals surface area contributed by atoms with Crippen LogP contribution in [0.1, 0.15) is 5.56 Å². The lowest BCUT2D eigenvalue weighted by Gasteiger charge is -2.17. The minimum absolute atomic E-state index is 0.412. The number of nitrogens with zero attached hydrogens (tertiary/aromatic N) is 1. The van der Waals surface area contributed by atoms with Gasteiger partial charge in [-0.2, -0.15) is 4.31 Å². The number of benzene rings is 1. The van der Waals surface area contributed by atoms with E-state index in [4.69, 9.17) is 4.74 Å². The second kappa shape index (κ2) is 4.44. The van der Waals surface area contributed by atoms with Crippen molar-refractivity contribution in [1.82, 2.24) is 9.62 Å². The van der Waals surface area contributed by atoms with Crippen LogP contribution in [-0.4, -0.2) is 45.5 Å². The van der Waals surface area contributed by atoms with Crippen molar-refractivity contribution in [2.45, 2.75) is 11.3 Å². The van der Waals surface area contributed by atoms with Crippen molar-refractivity contribution in [3.63, 3.8) is 0 Å². The van der Waals surface area contributed by atoms with E-state index in [2.05, 4.69) is 5.32 Å². The third-order valence-corrected chi connectivity index (χ3v) is 6.48. The van der Waals surface area contributed by atoms with Crippen molar-refractivity contribution in [3.8, 4) is 5.75 Å². The number of hydrogen-bond acceptors (Lipinski definition) is 4. The first-order valence-corrected chi connectivity index (χ1v) is 8.55. The van der Waals surface area contributed by atoms with Gasteiger partial charge in [0.25, 0.3) is 0 Å². The Morgan fingerprint density at radius 2 is 1.95 bits per heavy atom. The highest BCUT2D eigenvalue weighted by atomic mass is 32.2. The van der Waals surface area contributed by atoms with Crippen LogP contribution in [0.2, 0.25) is 0 Å². The molecule has 4 rings (SSSR count). The minimum Gasteiger partial charge on any atom is -0.493 e. The lowest BCUT2D eigenvalue weighted by molar-refractivity contribution is 0.356. The molecule has 108 valence electrons. The van der Waals surface area contributed by atoms with Crippen molar-refractivity contribution >= 4 is 10.0 Å². The van der Waals surface area contributed by atoms with E-state index in [1.807, 2.05) is 0 Å². The number of sulfonamides is 1. The molecule has 3 heterocycles. The number of ether oxygens (including phenoxy) is 1. The summed E-state index contributed by atoms with van der Waals surface area (Å²) in [6.45, 7) is 3.82. The third kappa shape index (κ3) is 1.86. The molecule has 5 nitrogen and oxygen atoms in total. The van der Waals surface area contributed by atoms with Crippen LogP contribution in [0.3, 0.4) is 0 Å². The zero-order chi connectivity index (χ0) is 13.7. The van der Waals surface area contributed by atoms with E-state index in [-0.39, 0.29) is 0 Å². The summed E-state index contributed by atoms with van der Waals surface area (Å²) in [5, 5.41) is 3.33. The van der Waals surface area contributed by atoms with E-state index in [1.54, 1.807) is 22.5 Å². The minimum atomic E-state index is -3.35. The number of hydrogen-bond donors (Lipinski definition) is 1. The molecule has 2 atom stereocenters. The van der Waals surface area contributed by atoms with Crippen molar-refractivity contribution in [2.75, 3.05) is 32.8 Å². The Kier molecular flexibility index (Phi) is 2.80. The van der Waals surface area contributed by atoms with Crippen LogP contribution in [0.15, 0.2) is 23.1 Å². The van der Waals surface area contributed by atoms with Gasteiger partial charge in [0, 0.05) is 19.5 Å². The average Bonchev–Trinajstić information content (AvgIpc) is 3.12. The zero-order valence-electron chi connectivity index (χ0n) is 11.2. The van der Waals surface area contributed by atoms with Gasteiger partial charge in [0.2, 0.25) is 10.0 Å². The molecule has 0 aliphatic carbocycles. The zero-order valence-corrected chi connectivity index (χ0v) is 12.0. The van der Waals surface area contributed by atoms with Crippen LogP contribution in [0, 0.1) is 11.8 Å². The fraction of sp³-hybridized carbons (Fsp3) is 0.571. The standard InChI is InChI=1S/C14H18N2O3S/c17-20(18,16-8-11-6-15-7-12(11)9-16)13-1-2-14-10(5-13)3-4-19-14/h1-2,5,11-12,15H,3-4,6-9H2/t11-,12+. The Balaban J connectivity index is 1.64. The number of nitrogens with one attached hydrogen (secondary N) is 1. The van der Waals surface area contributed by atoms with Crippen molar-refractivity contribution in [2.24, 2.45) is 11.8 Å². The maximum absolute atomic E-state index is 12.7. The SMILES string of the molecule is O=S(=O)(c1ccc2c(c1)CCO2)N1C[C@H]2CNC[C@H]2C1. The summed E-state index contributed by atoms with van der Waals surface area (Å²) in [6, 6.07) is 5.24. The predicted molar refractivity (Wildman–Crippen MR) is 74.2 cm³/mol. The Morgan fingerprint density at radius 1 is 1.20 bits per heavy atom. The Morgan fingerprint density at radius 3 is 2.70 bits per heavy atom. The molecule has 0 unspecified atom stereocenters. The molecule has 2 fully saturated rings. The molecule has 1 aromatic rings. The summed E-state index contributed by atoms with van der Waals surface area (Å²) in [5.74, 6) is 1.77. The topological polar surface area (TPSA) is 58.6 Å². The monoisotopic (exact) mass is 294 g/mol. The molecule has 1 aromatic carbocycles. The first-order chi connectivity index (χ1) is 9.64. The van der Waals surface area contributed by atoms with E-state index in [1.165, 1.54) is 0 Å². The smallest absolute Gasteiger partial charge is 0.243 e. The molecule has 0 amide bonds. The van der Waals surface area contributed by atoms with Crippen LogP contribution in [0.4, 0.5) is 0 Å². The van der Waals surface area contributed by atoms with Gasteiger partial charge in [0.15, 0.2) is 0 Å². The molecule has 0 radical (unpaired) electrons. The predicted octanol–water partition coefficient (Wildman–Crippen LogP) is 0.461. The summed E-state index contributed by atoms with van der Waals surface area (Å²) in [6.07, 6.45) is 0.799. The highest BCUT2D eigenvalue weighted by Crippen LogP contribution is 2.33. The molecule has 0 aromatic heterocycles. The van der Waals surface area contributed by atoms with Crippen molar-refractivity contribution in [1.29, 1.82) is 0 Å². The summed E-state index contributed by atoms with van der Waals surface area (Å²) in [5.41, 5.74) is 1.01. The maximum atomic E-state index is 12.7. The molecule has 20 heavy (non-hydrogen) atoms. The Bertz CT molecular complexity index is 632. The Labute approximate surface area is 119 Å². The third-order valence-electron chi connectivity index (χ3n) is 4.65.